The van der Waals surface area contributed by atoms with Gasteiger partial charge in [0.2, 0.25) is 0 Å². The van der Waals surface area contributed by atoms with E-state index >= 15 is 0 Å². The van der Waals surface area contributed by atoms with Crippen molar-refractivity contribution in [2.45, 2.75) is 84.5 Å². The highest BCUT2D eigenvalue weighted by Crippen LogP contribution is 2.47. The predicted molar refractivity (Wildman–Crippen MR) is 113 cm³/mol. The molecule has 166 valence electrons. The topological polar surface area (TPSA) is 89.9 Å². The summed E-state index contributed by atoms with van der Waals surface area (Å²) in [5, 5.41) is 11.1. The molecule has 0 unspecified atom stereocenters. The molecule has 4 atom stereocenters. The second kappa shape index (κ2) is 9.29. The van der Waals surface area contributed by atoms with Crippen molar-refractivity contribution in [3.8, 4) is 0 Å². The first-order chi connectivity index (χ1) is 13.8. The summed E-state index contributed by atoms with van der Waals surface area (Å²) in [6.07, 6.45) is -1.11. The minimum atomic E-state index is -1.64. The number of aliphatic hydroxyl groups is 1. The number of esters is 2. The highest BCUT2D eigenvalue weighted by molar-refractivity contribution is 6.02. The number of hydrogen-bond donors (Lipinski definition) is 1. The normalized spacial score (nSPS) is 26.9. The Morgan fingerprint density at radius 3 is 1.93 bits per heavy atom. The Balaban J connectivity index is 2.61. The predicted octanol–water partition coefficient (Wildman–Crippen LogP) is 3.75. The molecule has 0 spiro atoms. The van der Waals surface area contributed by atoms with Crippen LogP contribution in [0.4, 0.5) is 0 Å². The summed E-state index contributed by atoms with van der Waals surface area (Å²) < 4.78 is 10.8. The van der Waals surface area contributed by atoms with Crippen LogP contribution in [0.15, 0.2) is 24.3 Å². The van der Waals surface area contributed by atoms with Gasteiger partial charge >= 0.3 is 11.9 Å². The van der Waals surface area contributed by atoms with Gasteiger partial charge in [-0.05, 0) is 51.7 Å². The van der Waals surface area contributed by atoms with Crippen LogP contribution in [0.1, 0.15) is 77.8 Å². The van der Waals surface area contributed by atoms with E-state index in [1.54, 1.807) is 27.7 Å². The molecule has 0 aromatic heterocycles. The Morgan fingerprint density at radius 2 is 1.47 bits per heavy atom. The number of carbonyl (C=O) groups excluding carboxylic acids is 3. The van der Waals surface area contributed by atoms with Crippen molar-refractivity contribution in [1.82, 2.24) is 0 Å². The molecule has 1 fully saturated rings. The summed E-state index contributed by atoms with van der Waals surface area (Å²) in [5.74, 6) is -4.56. The van der Waals surface area contributed by atoms with Gasteiger partial charge in [0, 0.05) is 12.3 Å². The van der Waals surface area contributed by atoms with Gasteiger partial charge in [0.15, 0.2) is 5.78 Å². The van der Waals surface area contributed by atoms with Crippen molar-refractivity contribution < 1.29 is 29.0 Å². The van der Waals surface area contributed by atoms with Crippen LogP contribution in [-0.2, 0) is 23.9 Å². The van der Waals surface area contributed by atoms with Crippen LogP contribution in [0, 0.1) is 11.8 Å². The van der Waals surface area contributed by atoms with Gasteiger partial charge in [-0.25, -0.2) is 0 Å². The third kappa shape index (κ3) is 5.28. The van der Waals surface area contributed by atoms with E-state index in [-0.39, 0.29) is 6.42 Å². The molecule has 0 bridgehead atoms. The summed E-state index contributed by atoms with van der Waals surface area (Å²) >= 11 is 0. The maximum absolute atomic E-state index is 13.0. The fraction of sp³-hybridized carbons (Fsp3) is 0.625. The molecule has 1 aromatic carbocycles. The van der Waals surface area contributed by atoms with E-state index in [0.29, 0.717) is 11.5 Å². The Bertz CT molecular complexity index is 767. The van der Waals surface area contributed by atoms with E-state index in [0.717, 1.165) is 5.56 Å². The zero-order valence-electron chi connectivity index (χ0n) is 19.0. The largest absolute Gasteiger partial charge is 0.463 e. The van der Waals surface area contributed by atoms with Crippen LogP contribution in [0.3, 0.4) is 0 Å². The minimum Gasteiger partial charge on any atom is -0.463 e. The monoisotopic (exact) mass is 418 g/mol. The van der Waals surface area contributed by atoms with Crippen LogP contribution in [0.5, 0.6) is 0 Å². The van der Waals surface area contributed by atoms with Gasteiger partial charge in [0.05, 0.1) is 23.7 Å². The zero-order chi connectivity index (χ0) is 22.8. The number of rotatable bonds is 6. The van der Waals surface area contributed by atoms with Crippen LogP contribution >= 0.6 is 0 Å². The fourth-order valence-electron chi connectivity index (χ4n) is 4.13. The highest BCUT2D eigenvalue weighted by Gasteiger charge is 2.57. The van der Waals surface area contributed by atoms with Crippen molar-refractivity contribution >= 4 is 17.7 Å². The summed E-state index contributed by atoms with van der Waals surface area (Å²) in [7, 11) is 0. The third-order valence-corrected chi connectivity index (χ3v) is 5.47. The van der Waals surface area contributed by atoms with E-state index in [4.69, 9.17) is 9.47 Å². The molecule has 1 aliphatic carbocycles. The van der Waals surface area contributed by atoms with E-state index in [1.165, 1.54) is 6.92 Å². The van der Waals surface area contributed by atoms with Crippen LogP contribution < -0.4 is 0 Å². The Hall–Kier alpha value is -2.21. The SMILES string of the molecule is CC(C)OC(=O)[C@@H]1C(=O)C[C@@](C)(O)[C@H](C(=O)OC(C)C)[C@H]1c1ccc(C(C)C)cc1. The molecule has 6 heteroatoms. The van der Waals surface area contributed by atoms with Crippen LogP contribution in [0.2, 0.25) is 0 Å². The van der Waals surface area contributed by atoms with Gasteiger partial charge < -0.3 is 14.6 Å². The van der Waals surface area contributed by atoms with Crippen molar-refractivity contribution in [1.29, 1.82) is 0 Å². The van der Waals surface area contributed by atoms with Gasteiger partial charge in [-0.2, -0.15) is 0 Å². The molecule has 30 heavy (non-hydrogen) atoms. The number of carbonyl (C=O) groups is 3. The van der Waals surface area contributed by atoms with Crippen molar-refractivity contribution in [2.75, 3.05) is 0 Å². The third-order valence-electron chi connectivity index (χ3n) is 5.47. The average Bonchev–Trinajstić information content (AvgIpc) is 2.58. The number of hydrogen-bond acceptors (Lipinski definition) is 6. The molecule has 6 nitrogen and oxygen atoms in total. The van der Waals surface area contributed by atoms with Crippen molar-refractivity contribution in [3.05, 3.63) is 35.4 Å². The second-order valence-electron chi connectivity index (χ2n) is 9.27. The van der Waals surface area contributed by atoms with Gasteiger partial charge in [-0.3, -0.25) is 14.4 Å². The fourth-order valence-corrected chi connectivity index (χ4v) is 4.13. The highest BCUT2D eigenvalue weighted by atomic mass is 16.5. The Labute approximate surface area is 179 Å². The number of benzene rings is 1. The van der Waals surface area contributed by atoms with E-state index in [2.05, 4.69) is 13.8 Å². The van der Waals surface area contributed by atoms with Crippen LogP contribution in [0.25, 0.3) is 0 Å². The number of ether oxygens (including phenoxy) is 2. The molecule has 1 aromatic rings. The molecule has 1 saturated carbocycles. The number of Topliss-reactive ketones (excluding diaryl/α,β-unsaturated/α-hetero) is 1. The maximum atomic E-state index is 13.0. The molecular formula is C24H34O6. The van der Waals surface area contributed by atoms with Crippen molar-refractivity contribution in [3.63, 3.8) is 0 Å². The standard InChI is InChI=1S/C24H34O6/c1-13(2)16-8-10-17(11-9-16)19-20(22(26)29-14(3)4)18(25)12-24(7,28)21(19)23(27)30-15(5)6/h8-11,13-15,19-21,28H,12H2,1-7H3/t19-,20+,21-,24+/m0/s1. The molecule has 0 heterocycles. The van der Waals surface area contributed by atoms with E-state index in [9.17, 15) is 19.5 Å². The molecule has 0 saturated heterocycles. The Kier molecular flexibility index (Phi) is 7.45. The minimum absolute atomic E-state index is 0.304. The quantitative estimate of drug-likeness (QED) is 0.559. The lowest BCUT2D eigenvalue weighted by atomic mass is 9.61. The molecule has 2 rings (SSSR count). The lowest BCUT2D eigenvalue weighted by Gasteiger charge is -2.44. The lowest BCUT2D eigenvalue weighted by molar-refractivity contribution is -0.176. The maximum Gasteiger partial charge on any atom is 0.317 e. The first-order valence-electron chi connectivity index (χ1n) is 10.6. The lowest BCUT2D eigenvalue weighted by Crippen LogP contribution is -2.55. The molecule has 1 aliphatic rings. The van der Waals surface area contributed by atoms with Gasteiger partial charge in [-0.15, -0.1) is 0 Å². The van der Waals surface area contributed by atoms with Gasteiger partial charge in [-0.1, -0.05) is 38.1 Å². The average molecular weight is 419 g/mol. The van der Waals surface area contributed by atoms with E-state index < -0.39 is 53.3 Å². The molecule has 0 amide bonds. The Morgan fingerprint density at radius 1 is 0.967 bits per heavy atom. The first-order valence-corrected chi connectivity index (χ1v) is 10.6. The summed E-state index contributed by atoms with van der Waals surface area (Å²) in [6.45, 7) is 12.4. The van der Waals surface area contributed by atoms with Crippen molar-refractivity contribution in [2.24, 2.45) is 11.8 Å². The first kappa shape index (κ1) is 24.1. The zero-order valence-corrected chi connectivity index (χ0v) is 19.0. The smallest absolute Gasteiger partial charge is 0.317 e. The van der Waals surface area contributed by atoms with Crippen LogP contribution in [-0.4, -0.2) is 40.6 Å². The van der Waals surface area contributed by atoms with Gasteiger partial charge in [0.25, 0.3) is 0 Å². The summed E-state index contributed by atoms with van der Waals surface area (Å²) in [4.78, 5) is 38.9. The molecule has 0 radical (unpaired) electrons. The molecular weight excluding hydrogens is 384 g/mol. The van der Waals surface area contributed by atoms with Gasteiger partial charge in [0.1, 0.15) is 5.92 Å². The summed E-state index contributed by atoms with van der Waals surface area (Å²) in [6, 6.07) is 7.48. The second-order valence-corrected chi connectivity index (χ2v) is 9.27. The molecule has 0 aliphatic heterocycles. The summed E-state index contributed by atoms with van der Waals surface area (Å²) in [5.41, 5.74) is 0.0818. The molecule has 1 N–H and O–H groups in total. The van der Waals surface area contributed by atoms with E-state index in [1.807, 2.05) is 24.3 Å². The number of ketones is 1.